The molecule has 0 amide bonds. The van der Waals surface area contributed by atoms with Gasteiger partial charge in [0.1, 0.15) is 16.5 Å². The molecule has 30 heavy (non-hydrogen) atoms. The molecule has 1 aliphatic heterocycles. The fourth-order valence-corrected chi connectivity index (χ4v) is 4.75. The van der Waals surface area contributed by atoms with Crippen LogP contribution in [0.5, 0.6) is 0 Å². The van der Waals surface area contributed by atoms with Crippen LogP contribution in [-0.4, -0.2) is 44.0 Å². The fourth-order valence-electron chi connectivity index (χ4n) is 3.39. The first-order valence-electron chi connectivity index (χ1n) is 9.65. The van der Waals surface area contributed by atoms with Crippen LogP contribution in [0.4, 0.5) is 10.2 Å². The van der Waals surface area contributed by atoms with Crippen LogP contribution >= 0.6 is 0 Å². The van der Waals surface area contributed by atoms with E-state index in [1.807, 2.05) is 36.4 Å². The van der Waals surface area contributed by atoms with Crippen molar-refractivity contribution in [3.8, 4) is 0 Å². The van der Waals surface area contributed by atoms with Crippen molar-refractivity contribution >= 4 is 15.8 Å². The normalized spacial score (nSPS) is 16.2. The number of hydrogen-bond acceptors (Lipinski definition) is 5. The molecule has 0 aliphatic carbocycles. The molecule has 6 nitrogen and oxygen atoms in total. The topological polar surface area (TPSA) is 71.5 Å². The number of halogens is 1. The van der Waals surface area contributed by atoms with Crippen molar-refractivity contribution in [1.82, 2.24) is 9.29 Å². The summed E-state index contributed by atoms with van der Waals surface area (Å²) in [6, 6.07) is 18.8. The molecule has 1 fully saturated rings. The molecule has 1 aromatic heterocycles. The van der Waals surface area contributed by atoms with Crippen LogP contribution in [0.1, 0.15) is 17.2 Å². The molecule has 156 valence electrons. The van der Waals surface area contributed by atoms with Crippen molar-refractivity contribution in [3.05, 3.63) is 89.9 Å². The minimum absolute atomic E-state index is 0.136. The van der Waals surface area contributed by atoms with Crippen LogP contribution < -0.4 is 5.32 Å². The van der Waals surface area contributed by atoms with Crippen LogP contribution in [0, 0.1) is 5.82 Å². The second kappa shape index (κ2) is 8.91. The Morgan fingerprint density at radius 1 is 0.967 bits per heavy atom. The number of pyridine rings is 1. The van der Waals surface area contributed by atoms with Gasteiger partial charge in [0.15, 0.2) is 0 Å². The average Bonchev–Trinajstić information content (AvgIpc) is 2.79. The molecule has 2 heterocycles. The molecular weight excluding hydrogens is 405 g/mol. The number of rotatable bonds is 6. The van der Waals surface area contributed by atoms with Gasteiger partial charge in [-0.2, -0.15) is 4.31 Å². The van der Waals surface area contributed by atoms with Gasteiger partial charge >= 0.3 is 0 Å². The molecule has 3 aromatic rings. The maximum atomic E-state index is 13.8. The van der Waals surface area contributed by atoms with E-state index in [-0.39, 0.29) is 16.8 Å². The summed E-state index contributed by atoms with van der Waals surface area (Å²) in [6.45, 7) is 1.44. The van der Waals surface area contributed by atoms with Crippen LogP contribution in [0.3, 0.4) is 0 Å². The van der Waals surface area contributed by atoms with E-state index in [0.29, 0.717) is 32.1 Å². The van der Waals surface area contributed by atoms with Gasteiger partial charge in [0.05, 0.1) is 19.3 Å². The van der Waals surface area contributed by atoms with Gasteiger partial charge in [-0.1, -0.05) is 42.5 Å². The second-order valence-corrected chi connectivity index (χ2v) is 8.88. The van der Waals surface area contributed by atoms with Crippen molar-refractivity contribution in [3.63, 3.8) is 0 Å². The van der Waals surface area contributed by atoms with Gasteiger partial charge in [0.25, 0.3) is 0 Å². The maximum absolute atomic E-state index is 13.8. The third-order valence-electron chi connectivity index (χ3n) is 4.95. The van der Waals surface area contributed by atoms with Crippen molar-refractivity contribution in [1.29, 1.82) is 0 Å². The lowest BCUT2D eigenvalue weighted by Gasteiger charge is -2.26. The Kier molecular flexibility index (Phi) is 6.08. The summed E-state index contributed by atoms with van der Waals surface area (Å²) in [4.78, 5) is 4.45. The number of benzene rings is 2. The molecule has 1 unspecified atom stereocenters. The molecule has 8 heteroatoms. The number of anilines is 1. The maximum Gasteiger partial charge on any atom is 0.244 e. The number of nitrogens with zero attached hydrogens (tertiary/aromatic N) is 2. The average molecular weight is 428 g/mol. The smallest absolute Gasteiger partial charge is 0.244 e. The van der Waals surface area contributed by atoms with Crippen LogP contribution in [-0.2, 0) is 14.8 Å². The molecular formula is C22H22FN3O3S. The quantitative estimate of drug-likeness (QED) is 0.653. The fraction of sp³-hybridized carbons (Fsp3) is 0.227. The van der Waals surface area contributed by atoms with E-state index < -0.39 is 10.0 Å². The van der Waals surface area contributed by atoms with Crippen molar-refractivity contribution in [2.75, 3.05) is 31.6 Å². The van der Waals surface area contributed by atoms with Gasteiger partial charge in [-0.3, -0.25) is 0 Å². The Labute approximate surface area is 175 Å². The van der Waals surface area contributed by atoms with E-state index >= 15 is 0 Å². The Bertz CT molecular complexity index is 1090. The lowest BCUT2D eigenvalue weighted by molar-refractivity contribution is 0.0730. The van der Waals surface area contributed by atoms with E-state index in [1.165, 1.54) is 28.7 Å². The number of nitrogens with one attached hydrogen (secondary N) is 1. The van der Waals surface area contributed by atoms with Crippen molar-refractivity contribution < 1.29 is 17.5 Å². The number of aromatic nitrogens is 1. The SMILES string of the molecule is O=S(=O)(c1ccc(NC(c2ccccc2)c2cccc(F)c2)nc1)N1CCOCC1. The monoisotopic (exact) mass is 427 g/mol. The van der Waals surface area contributed by atoms with Gasteiger partial charge in [-0.25, -0.2) is 17.8 Å². The molecule has 0 saturated carbocycles. The third-order valence-corrected chi connectivity index (χ3v) is 6.83. The highest BCUT2D eigenvalue weighted by atomic mass is 32.2. The predicted octanol–water partition coefficient (Wildman–Crippen LogP) is 3.44. The zero-order valence-electron chi connectivity index (χ0n) is 16.2. The molecule has 0 spiro atoms. The van der Waals surface area contributed by atoms with E-state index in [1.54, 1.807) is 12.1 Å². The standard InChI is InChI=1S/C22H22FN3O3S/c23-19-8-4-7-18(15-19)22(17-5-2-1-3-6-17)25-21-10-9-20(16-24-21)30(27,28)26-11-13-29-14-12-26/h1-10,15-16,22H,11-14H2,(H,24,25). The molecule has 0 radical (unpaired) electrons. The van der Waals surface area contributed by atoms with Gasteiger partial charge in [-0.15, -0.1) is 0 Å². The summed E-state index contributed by atoms with van der Waals surface area (Å²) in [5.41, 5.74) is 1.68. The summed E-state index contributed by atoms with van der Waals surface area (Å²) >= 11 is 0. The van der Waals surface area contributed by atoms with Gasteiger partial charge in [0.2, 0.25) is 10.0 Å². The highest BCUT2D eigenvalue weighted by Gasteiger charge is 2.26. The lowest BCUT2D eigenvalue weighted by atomic mass is 9.98. The summed E-state index contributed by atoms with van der Waals surface area (Å²) in [5.74, 6) is 0.171. The summed E-state index contributed by atoms with van der Waals surface area (Å²) in [5, 5.41) is 3.29. The minimum atomic E-state index is -3.60. The van der Waals surface area contributed by atoms with E-state index in [2.05, 4.69) is 10.3 Å². The Morgan fingerprint density at radius 3 is 2.37 bits per heavy atom. The summed E-state index contributed by atoms with van der Waals surface area (Å²) in [7, 11) is -3.60. The number of hydrogen-bond donors (Lipinski definition) is 1. The highest BCUT2D eigenvalue weighted by Crippen LogP contribution is 2.27. The van der Waals surface area contributed by atoms with Gasteiger partial charge < -0.3 is 10.1 Å². The minimum Gasteiger partial charge on any atom is -0.379 e. The molecule has 1 aliphatic rings. The van der Waals surface area contributed by atoms with Gasteiger partial charge in [-0.05, 0) is 35.4 Å². The van der Waals surface area contributed by atoms with Gasteiger partial charge in [0, 0.05) is 19.3 Å². The van der Waals surface area contributed by atoms with E-state index in [9.17, 15) is 12.8 Å². The molecule has 1 atom stereocenters. The number of morpholine rings is 1. The predicted molar refractivity (Wildman–Crippen MR) is 112 cm³/mol. The number of ether oxygens (including phenoxy) is 1. The Balaban J connectivity index is 1.59. The van der Waals surface area contributed by atoms with Crippen LogP contribution in [0.15, 0.2) is 77.8 Å². The number of sulfonamides is 1. The highest BCUT2D eigenvalue weighted by molar-refractivity contribution is 7.89. The van der Waals surface area contributed by atoms with Crippen LogP contribution in [0.25, 0.3) is 0 Å². The Hall–Kier alpha value is -2.81. The third kappa shape index (κ3) is 4.51. The van der Waals surface area contributed by atoms with Crippen molar-refractivity contribution in [2.24, 2.45) is 0 Å². The molecule has 4 rings (SSSR count). The first-order chi connectivity index (χ1) is 14.5. The molecule has 1 N–H and O–H groups in total. The van der Waals surface area contributed by atoms with E-state index in [4.69, 9.17) is 4.74 Å². The van der Waals surface area contributed by atoms with E-state index in [0.717, 1.165) is 11.1 Å². The second-order valence-electron chi connectivity index (χ2n) is 6.94. The molecule has 1 saturated heterocycles. The first kappa shape index (κ1) is 20.5. The zero-order valence-corrected chi connectivity index (χ0v) is 17.1. The summed E-state index contributed by atoms with van der Waals surface area (Å²) in [6.07, 6.45) is 1.35. The van der Waals surface area contributed by atoms with Crippen molar-refractivity contribution in [2.45, 2.75) is 10.9 Å². The Morgan fingerprint density at radius 2 is 1.70 bits per heavy atom. The summed E-state index contributed by atoms with van der Waals surface area (Å²) < 4.78 is 46.0. The largest absolute Gasteiger partial charge is 0.379 e. The zero-order chi connectivity index (χ0) is 21.0. The molecule has 0 bridgehead atoms. The molecule has 2 aromatic carbocycles. The van der Waals surface area contributed by atoms with Crippen LogP contribution in [0.2, 0.25) is 0 Å². The lowest BCUT2D eigenvalue weighted by Crippen LogP contribution is -2.40. The first-order valence-corrected chi connectivity index (χ1v) is 11.1.